The number of benzene rings is 1. The zero-order valence-electron chi connectivity index (χ0n) is 7.26. The molecule has 0 aliphatic carbocycles. The second-order valence-corrected chi connectivity index (χ2v) is 3.65. The van der Waals surface area contributed by atoms with Crippen LogP contribution in [-0.2, 0) is 0 Å². The van der Waals surface area contributed by atoms with Crippen molar-refractivity contribution in [1.82, 2.24) is 0 Å². The van der Waals surface area contributed by atoms with Crippen molar-refractivity contribution < 1.29 is 4.74 Å². The van der Waals surface area contributed by atoms with Gasteiger partial charge in [-0.1, -0.05) is 29.3 Å². The molecule has 0 spiro atoms. The van der Waals surface area contributed by atoms with Gasteiger partial charge in [-0.25, -0.2) is 0 Å². The molecule has 1 rings (SSSR count). The van der Waals surface area contributed by atoms with Gasteiger partial charge in [-0.2, -0.15) is 0 Å². The third-order valence-corrected chi connectivity index (χ3v) is 2.00. The van der Waals surface area contributed by atoms with Gasteiger partial charge in [0, 0.05) is 6.04 Å². The van der Waals surface area contributed by atoms with Crippen LogP contribution in [0.25, 0.3) is 0 Å². The fourth-order valence-corrected chi connectivity index (χ4v) is 1.34. The van der Waals surface area contributed by atoms with Crippen LogP contribution in [0.5, 0.6) is 5.75 Å². The Kier molecular flexibility index (Phi) is 3.85. The van der Waals surface area contributed by atoms with Crippen molar-refractivity contribution in [2.45, 2.75) is 13.0 Å². The van der Waals surface area contributed by atoms with Gasteiger partial charge in [-0.3, -0.25) is 0 Å². The molecule has 0 aliphatic rings. The Balaban J connectivity index is 2.75. The molecule has 2 nitrogen and oxygen atoms in total. The monoisotopic (exact) mass is 219 g/mol. The normalized spacial score (nSPS) is 12.6. The number of ether oxygens (including phenoxy) is 1. The van der Waals surface area contributed by atoms with Crippen molar-refractivity contribution in [1.29, 1.82) is 0 Å². The van der Waals surface area contributed by atoms with Crippen LogP contribution in [0.3, 0.4) is 0 Å². The quantitative estimate of drug-likeness (QED) is 0.849. The van der Waals surface area contributed by atoms with E-state index in [1.165, 1.54) is 0 Å². The van der Waals surface area contributed by atoms with E-state index in [-0.39, 0.29) is 6.04 Å². The highest BCUT2D eigenvalue weighted by Crippen LogP contribution is 2.32. The van der Waals surface area contributed by atoms with Gasteiger partial charge >= 0.3 is 0 Å². The fraction of sp³-hybridized carbons (Fsp3) is 0.333. The Morgan fingerprint density at radius 2 is 1.92 bits per heavy atom. The van der Waals surface area contributed by atoms with E-state index < -0.39 is 0 Å². The maximum absolute atomic E-state index is 5.86. The molecule has 1 unspecified atom stereocenters. The van der Waals surface area contributed by atoms with Gasteiger partial charge in [0.2, 0.25) is 0 Å². The molecule has 1 aromatic carbocycles. The Labute approximate surface area is 87.6 Å². The van der Waals surface area contributed by atoms with Crippen molar-refractivity contribution in [3.63, 3.8) is 0 Å². The third-order valence-electron chi connectivity index (χ3n) is 1.41. The van der Waals surface area contributed by atoms with Gasteiger partial charge < -0.3 is 10.5 Å². The molecule has 0 aliphatic heterocycles. The minimum absolute atomic E-state index is 0.0349. The Morgan fingerprint density at radius 3 is 2.38 bits per heavy atom. The van der Waals surface area contributed by atoms with Gasteiger partial charge in [0.25, 0.3) is 0 Å². The number of para-hydroxylation sites is 1. The summed E-state index contributed by atoms with van der Waals surface area (Å²) in [5.41, 5.74) is 5.53. The predicted molar refractivity (Wildman–Crippen MR) is 55.6 cm³/mol. The molecule has 13 heavy (non-hydrogen) atoms. The molecular formula is C9H11Cl2NO. The molecule has 0 bridgehead atoms. The highest BCUT2D eigenvalue weighted by atomic mass is 35.5. The molecule has 0 heterocycles. The van der Waals surface area contributed by atoms with Crippen molar-refractivity contribution in [2.75, 3.05) is 6.61 Å². The summed E-state index contributed by atoms with van der Waals surface area (Å²) < 4.78 is 5.34. The van der Waals surface area contributed by atoms with Crippen LogP contribution in [0, 0.1) is 0 Å². The Morgan fingerprint density at radius 1 is 1.38 bits per heavy atom. The summed E-state index contributed by atoms with van der Waals surface area (Å²) >= 11 is 11.7. The van der Waals surface area contributed by atoms with Crippen LogP contribution >= 0.6 is 23.2 Å². The highest BCUT2D eigenvalue weighted by molar-refractivity contribution is 6.37. The molecule has 0 amide bonds. The van der Waals surface area contributed by atoms with Gasteiger partial charge in [-0.05, 0) is 19.1 Å². The molecular weight excluding hydrogens is 209 g/mol. The second kappa shape index (κ2) is 4.70. The lowest BCUT2D eigenvalue weighted by Gasteiger charge is -2.11. The summed E-state index contributed by atoms with van der Waals surface area (Å²) in [5, 5.41) is 1.02. The van der Waals surface area contributed by atoms with Gasteiger partial charge in [0.1, 0.15) is 6.61 Å². The number of hydrogen-bond acceptors (Lipinski definition) is 2. The van der Waals surface area contributed by atoms with Crippen molar-refractivity contribution in [3.05, 3.63) is 28.2 Å². The SMILES string of the molecule is CC(N)COc1c(Cl)cccc1Cl. The van der Waals surface area contributed by atoms with E-state index in [1.54, 1.807) is 18.2 Å². The molecule has 0 radical (unpaired) electrons. The molecule has 0 fully saturated rings. The fourth-order valence-electron chi connectivity index (χ4n) is 0.835. The third kappa shape index (κ3) is 3.07. The number of halogens is 2. The average molecular weight is 220 g/mol. The highest BCUT2D eigenvalue weighted by Gasteiger charge is 2.06. The van der Waals surface area contributed by atoms with E-state index in [4.69, 9.17) is 33.7 Å². The second-order valence-electron chi connectivity index (χ2n) is 2.84. The molecule has 1 atom stereocenters. The zero-order chi connectivity index (χ0) is 9.84. The van der Waals surface area contributed by atoms with E-state index in [0.29, 0.717) is 22.4 Å². The van der Waals surface area contributed by atoms with E-state index >= 15 is 0 Å². The maximum atomic E-state index is 5.86. The summed E-state index contributed by atoms with van der Waals surface area (Å²) in [5.74, 6) is 0.503. The maximum Gasteiger partial charge on any atom is 0.156 e. The van der Waals surface area contributed by atoms with Crippen LogP contribution in [0.4, 0.5) is 0 Å². The van der Waals surface area contributed by atoms with Gasteiger partial charge in [-0.15, -0.1) is 0 Å². The summed E-state index contributed by atoms with van der Waals surface area (Å²) in [6.45, 7) is 2.26. The summed E-state index contributed by atoms with van der Waals surface area (Å²) in [6, 6.07) is 5.18. The van der Waals surface area contributed by atoms with Crippen molar-refractivity contribution in [3.8, 4) is 5.75 Å². The first-order valence-electron chi connectivity index (χ1n) is 3.93. The standard InChI is InChI=1S/C9H11Cl2NO/c1-6(12)5-13-9-7(10)3-2-4-8(9)11/h2-4,6H,5,12H2,1H3. The largest absolute Gasteiger partial charge is 0.489 e. The average Bonchev–Trinajstić information content (AvgIpc) is 2.03. The van der Waals surface area contributed by atoms with Crippen LogP contribution in [-0.4, -0.2) is 12.6 Å². The Hall–Kier alpha value is -0.440. The van der Waals surface area contributed by atoms with E-state index in [2.05, 4.69) is 0 Å². The molecule has 2 N–H and O–H groups in total. The minimum Gasteiger partial charge on any atom is -0.489 e. The van der Waals surface area contributed by atoms with Crippen molar-refractivity contribution in [2.24, 2.45) is 5.73 Å². The van der Waals surface area contributed by atoms with Crippen LogP contribution in [0.1, 0.15) is 6.92 Å². The van der Waals surface area contributed by atoms with Crippen LogP contribution < -0.4 is 10.5 Å². The van der Waals surface area contributed by atoms with E-state index in [0.717, 1.165) is 0 Å². The zero-order valence-corrected chi connectivity index (χ0v) is 8.77. The molecule has 0 saturated heterocycles. The topological polar surface area (TPSA) is 35.2 Å². The van der Waals surface area contributed by atoms with Gasteiger partial charge in [0.05, 0.1) is 10.0 Å². The smallest absolute Gasteiger partial charge is 0.156 e. The Bertz CT molecular complexity index is 269. The van der Waals surface area contributed by atoms with E-state index in [1.807, 2.05) is 6.92 Å². The first kappa shape index (κ1) is 10.6. The van der Waals surface area contributed by atoms with Crippen LogP contribution in [0.15, 0.2) is 18.2 Å². The first-order chi connectivity index (χ1) is 6.11. The number of rotatable bonds is 3. The summed E-state index contributed by atoms with van der Waals surface area (Å²) in [7, 11) is 0. The summed E-state index contributed by atoms with van der Waals surface area (Å²) in [4.78, 5) is 0. The predicted octanol–water partition coefficient (Wildman–Crippen LogP) is 2.72. The lowest BCUT2D eigenvalue weighted by Crippen LogP contribution is -2.23. The number of nitrogens with two attached hydrogens (primary N) is 1. The minimum atomic E-state index is -0.0349. The van der Waals surface area contributed by atoms with Crippen molar-refractivity contribution >= 4 is 23.2 Å². The van der Waals surface area contributed by atoms with E-state index in [9.17, 15) is 0 Å². The molecule has 4 heteroatoms. The molecule has 1 aromatic rings. The first-order valence-corrected chi connectivity index (χ1v) is 4.69. The molecule has 0 saturated carbocycles. The lowest BCUT2D eigenvalue weighted by atomic mass is 10.3. The molecule has 0 aromatic heterocycles. The van der Waals surface area contributed by atoms with Crippen LogP contribution in [0.2, 0.25) is 10.0 Å². The van der Waals surface area contributed by atoms with Gasteiger partial charge in [0.15, 0.2) is 5.75 Å². The molecule has 72 valence electrons. The number of hydrogen-bond donors (Lipinski definition) is 1. The summed E-state index contributed by atoms with van der Waals surface area (Å²) in [6.07, 6.45) is 0. The lowest BCUT2D eigenvalue weighted by molar-refractivity contribution is 0.296.